The molecule has 1 N–H and O–H groups in total. The van der Waals surface area contributed by atoms with Gasteiger partial charge in [-0.3, -0.25) is 4.79 Å². The quantitative estimate of drug-likeness (QED) is 0.698. The van der Waals surface area contributed by atoms with Gasteiger partial charge in [0.05, 0.1) is 5.75 Å². The van der Waals surface area contributed by atoms with Crippen LogP contribution in [-0.4, -0.2) is 42.1 Å². The van der Waals surface area contributed by atoms with Crippen molar-refractivity contribution in [2.45, 2.75) is 45.1 Å². The molecule has 0 spiro atoms. The van der Waals surface area contributed by atoms with E-state index in [1.165, 1.54) is 0 Å². The van der Waals surface area contributed by atoms with Crippen molar-refractivity contribution in [3.8, 4) is 0 Å². The van der Waals surface area contributed by atoms with Crippen LogP contribution in [0.1, 0.15) is 39.0 Å². The van der Waals surface area contributed by atoms with Gasteiger partial charge in [0, 0.05) is 19.0 Å². The van der Waals surface area contributed by atoms with Crippen LogP contribution in [0.3, 0.4) is 0 Å². The smallest absolute Gasteiger partial charge is 0.303 e. The van der Waals surface area contributed by atoms with Gasteiger partial charge in [0.2, 0.25) is 10.0 Å². The maximum atomic E-state index is 11.9. The van der Waals surface area contributed by atoms with Gasteiger partial charge >= 0.3 is 5.97 Å². The van der Waals surface area contributed by atoms with Gasteiger partial charge in [0.15, 0.2) is 0 Å². The van der Waals surface area contributed by atoms with Crippen molar-refractivity contribution in [3.63, 3.8) is 0 Å². The number of nitrogens with zero attached hydrogens (tertiary/aromatic N) is 1. The van der Waals surface area contributed by atoms with Gasteiger partial charge < -0.3 is 5.11 Å². The molecule has 6 heteroatoms. The van der Waals surface area contributed by atoms with Crippen molar-refractivity contribution >= 4 is 16.0 Å². The van der Waals surface area contributed by atoms with Gasteiger partial charge in [0.1, 0.15) is 0 Å². The Kier molecular flexibility index (Phi) is 4.73. The van der Waals surface area contributed by atoms with Gasteiger partial charge in [0.25, 0.3) is 0 Å². The fraction of sp³-hybridized carbons (Fsp3) is 0.900. The van der Waals surface area contributed by atoms with Gasteiger partial charge in [-0.05, 0) is 25.7 Å². The van der Waals surface area contributed by atoms with Crippen molar-refractivity contribution < 1.29 is 18.3 Å². The molecule has 0 aliphatic heterocycles. The standard InChI is InChI=1S/C10H19NO4S/c1-2-7-11(9-5-6-9)16(14,15)8-3-4-10(12)13/h9H,2-8H2,1H3,(H,12,13). The topological polar surface area (TPSA) is 74.7 Å². The second-order valence-electron chi connectivity index (χ2n) is 4.16. The van der Waals surface area contributed by atoms with Crippen molar-refractivity contribution in [1.82, 2.24) is 4.31 Å². The third-order valence-corrected chi connectivity index (χ3v) is 4.55. The van der Waals surface area contributed by atoms with Gasteiger partial charge in [-0.15, -0.1) is 0 Å². The first kappa shape index (κ1) is 13.4. The minimum Gasteiger partial charge on any atom is -0.481 e. The third-order valence-electron chi connectivity index (χ3n) is 2.55. The van der Waals surface area contributed by atoms with Crippen LogP contribution in [0, 0.1) is 0 Å². The Hall–Kier alpha value is -0.620. The number of hydrogen-bond acceptors (Lipinski definition) is 3. The molecule has 1 saturated carbocycles. The van der Waals surface area contributed by atoms with E-state index in [2.05, 4.69) is 0 Å². The number of sulfonamides is 1. The second-order valence-corrected chi connectivity index (χ2v) is 6.20. The van der Waals surface area contributed by atoms with E-state index in [1.54, 1.807) is 4.31 Å². The molecule has 0 aromatic rings. The highest BCUT2D eigenvalue weighted by Crippen LogP contribution is 2.29. The normalized spacial score (nSPS) is 16.6. The lowest BCUT2D eigenvalue weighted by Crippen LogP contribution is -2.35. The number of carbonyl (C=O) groups is 1. The van der Waals surface area contributed by atoms with Crippen molar-refractivity contribution in [2.24, 2.45) is 0 Å². The fourth-order valence-corrected chi connectivity index (χ4v) is 3.52. The van der Waals surface area contributed by atoms with Crippen molar-refractivity contribution in [2.75, 3.05) is 12.3 Å². The van der Waals surface area contributed by atoms with Crippen LogP contribution >= 0.6 is 0 Å². The molecule has 5 nitrogen and oxygen atoms in total. The molecule has 94 valence electrons. The molecule has 0 amide bonds. The molecule has 0 atom stereocenters. The minimum atomic E-state index is -3.25. The highest BCUT2D eigenvalue weighted by atomic mass is 32.2. The molecule has 1 aliphatic rings. The van der Waals surface area contributed by atoms with Crippen LogP contribution in [0.25, 0.3) is 0 Å². The van der Waals surface area contributed by atoms with E-state index in [4.69, 9.17) is 5.11 Å². The molecule has 0 heterocycles. The summed E-state index contributed by atoms with van der Waals surface area (Å²) in [5, 5.41) is 8.47. The largest absolute Gasteiger partial charge is 0.481 e. The lowest BCUT2D eigenvalue weighted by molar-refractivity contribution is -0.137. The van der Waals surface area contributed by atoms with E-state index >= 15 is 0 Å². The SMILES string of the molecule is CCCN(C1CC1)S(=O)(=O)CCCC(=O)O. The fourth-order valence-electron chi connectivity index (χ4n) is 1.65. The second kappa shape index (κ2) is 5.63. The van der Waals surface area contributed by atoms with Crippen molar-refractivity contribution in [1.29, 1.82) is 0 Å². The van der Waals surface area contributed by atoms with Crippen molar-refractivity contribution in [3.05, 3.63) is 0 Å². The number of carboxylic acid groups (broad SMARTS) is 1. The monoisotopic (exact) mass is 249 g/mol. The summed E-state index contributed by atoms with van der Waals surface area (Å²) in [6.07, 6.45) is 2.81. The molecule has 0 unspecified atom stereocenters. The zero-order valence-corrected chi connectivity index (χ0v) is 10.4. The summed E-state index contributed by atoms with van der Waals surface area (Å²) in [5.74, 6) is -0.987. The van der Waals surface area contributed by atoms with Crippen LogP contribution in [0.5, 0.6) is 0 Å². The average Bonchev–Trinajstić information content (AvgIpc) is 2.96. The summed E-state index contributed by atoms with van der Waals surface area (Å²) in [7, 11) is -3.25. The first-order valence-electron chi connectivity index (χ1n) is 5.68. The predicted molar refractivity (Wildman–Crippen MR) is 60.7 cm³/mol. The minimum absolute atomic E-state index is 0.0458. The number of rotatable bonds is 8. The molecule has 0 radical (unpaired) electrons. The number of hydrogen-bond donors (Lipinski definition) is 1. The third kappa shape index (κ3) is 4.09. The van der Waals surface area contributed by atoms with Crippen LogP contribution in [0.4, 0.5) is 0 Å². The molecule has 1 rings (SSSR count). The van der Waals surface area contributed by atoms with Gasteiger partial charge in [-0.25, -0.2) is 8.42 Å². The Morgan fingerprint density at radius 1 is 1.44 bits per heavy atom. The van der Waals surface area contributed by atoms with Gasteiger partial charge in [-0.1, -0.05) is 6.92 Å². The van der Waals surface area contributed by atoms with E-state index < -0.39 is 16.0 Å². The number of carboxylic acids is 1. The predicted octanol–water partition coefficient (Wildman–Crippen LogP) is 1.06. The van der Waals surface area contributed by atoms with Crippen LogP contribution in [0.15, 0.2) is 0 Å². The zero-order chi connectivity index (χ0) is 12.2. The summed E-state index contributed by atoms with van der Waals surface area (Å²) < 4.78 is 25.4. The highest BCUT2D eigenvalue weighted by Gasteiger charge is 2.35. The summed E-state index contributed by atoms with van der Waals surface area (Å²) in [4.78, 5) is 10.3. The van der Waals surface area contributed by atoms with Crippen LogP contribution in [-0.2, 0) is 14.8 Å². The molecule has 0 aromatic carbocycles. The molecular formula is C10H19NO4S. The maximum absolute atomic E-state index is 11.9. The van der Waals surface area contributed by atoms with E-state index in [9.17, 15) is 13.2 Å². The van der Waals surface area contributed by atoms with Gasteiger partial charge in [-0.2, -0.15) is 4.31 Å². The highest BCUT2D eigenvalue weighted by molar-refractivity contribution is 7.89. The first-order valence-corrected chi connectivity index (χ1v) is 7.29. The summed E-state index contributed by atoms with van der Waals surface area (Å²) in [5.41, 5.74) is 0. The Morgan fingerprint density at radius 2 is 2.06 bits per heavy atom. The number of aliphatic carboxylic acids is 1. The Labute approximate surface area is 96.5 Å². The Balaban J connectivity index is 2.49. The molecule has 0 aromatic heterocycles. The maximum Gasteiger partial charge on any atom is 0.303 e. The molecule has 16 heavy (non-hydrogen) atoms. The lowest BCUT2D eigenvalue weighted by Gasteiger charge is -2.20. The Morgan fingerprint density at radius 3 is 2.50 bits per heavy atom. The molecule has 0 saturated heterocycles. The van der Waals surface area contributed by atoms with E-state index in [0.29, 0.717) is 6.54 Å². The summed E-state index contributed by atoms with van der Waals surface area (Å²) >= 11 is 0. The summed E-state index contributed by atoms with van der Waals surface area (Å²) in [6.45, 7) is 2.50. The van der Waals surface area contributed by atoms with E-state index in [1.807, 2.05) is 6.92 Å². The summed E-state index contributed by atoms with van der Waals surface area (Å²) in [6, 6.07) is 0.176. The molecule has 1 aliphatic carbocycles. The molecule has 0 bridgehead atoms. The van der Waals surface area contributed by atoms with Crippen LogP contribution in [0.2, 0.25) is 0 Å². The zero-order valence-electron chi connectivity index (χ0n) is 9.55. The molecule has 1 fully saturated rings. The first-order chi connectivity index (χ1) is 7.47. The Bertz CT molecular complexity index is 335. The molecular weight excluding hydrogens is 230 g/mol. The van der Waals surface area contributed by atoms with Crippen LogP contribution < -0.4 is 0 Å². The lowest BCUT2D eigenvalue weighted by atomic mass is 10.3. The van der Waals surface area contributed by atoms with E-state index in [-0.39, 0.29) is 24.6 Å². The average molecular weight is 249 g/mol. The van der Waals surface area contributed by atoms with E-state index in [0.717, 1.165) is 19.3 Å².